The number of nitrogens with zero attached hydrogens (tertiary/aromatic N) is 2. The number of hydrogen-bond acceptors (Lipinski definition) is 3. The predicted octanol–water partition coefficient (Wildman–Crippen LogP) is 0.403. The second-order valence-electron chi connectivity index (χ2n) is 4.44. The fraction of sp³-hybridized carbons (Fsp3) is 0.545. The van der Waals surface area contributed by atoms with Crippen LogP contribution < -0.4 is 5.32 Å². The molecule has 1 amide bonds. The van der Waals surface area contributed by atoms with E-state index in [1.165, 1.54) is 6.33 Å². The highest BCUT2D eigenvalue weighted by atomic mass is 16.4. The third-order valence-electron chi connectivity index (χ3n) is 2.84. The highest BCUT2D eigenvalue weighted by molar-refractivity contribution is 5.92. The number of carboxylic acids is 1. The van der Waals surface area contributed by atoms with E-state index in [4.69, 9.17) is 5.11 Å². The first kappa shape index (κ1) is 11.6. The zero-order valence-corrected chi connectivity index (χ0v) is 9.59. The lowest BCUT2D eigenvalue weighted by Gasteiger charge is -2.15. The maximum atomic E-state index is 11.8. The van der Waals surface area contributed by atoms with Crippen LogP contribution in [-0.2, 0) is 11.8 Å². The van der Waals surface area contributed by atoms with Crippen molar-refractivity contribution in [3.05, 3.63) is 18.2 Å². The molecule has 0 bridgehead atoms. The van der Waals surface area contributed by atoms with Gasteiger partial charge in [0.15, 0.2) is 0 Å². The van der Waals surface area contributed by atoms with Crippen molar-refractivity contribution >= 4 is 11.9 Å². The smallest absolute Gasteiger partial charge is 0.305 e. The summed E-state index contributed by atoms with van der Waals surface area (Å²) in [6.07, 6.45) is 5.10. The summed E-state index contributed by atoms with van der Waals surface area (Å²) in [5.41, 5.74) is 0.323. The number of nitrogens with one attached hydrogen (secondary N) is 1. The molecule has 0 spiro atoms. The van der Waals surface area contributed by atoms with Crippen LogP contribution in [0, 0.1) is 5.92 Å². The number of carbonyl (C=O) groups is 2. The van der Waals surface area contributed by atoms with Crippen LogP contribution >= 0.6 is 0 Å². The Kier molecular flexibility index (Phi) is 3.12. The number of aryl methyl sites for hydroxylation is 1. The lowest BCUT2D eigenvalue weighted by Crippen LogP contribution is -2.38. The normalized spacial score (nSPS) is 16.5. The molecule has 2 rings (SSSR count). The van der Waals surface area contributed by atoms with Crippen molar-refractivity contribution in [3.8, 4) is 0 Å². The maximum Gasteiger partial charge on any atom is 0.305 e. The number of amides is 1. The van der Waals surface area contributed by atoms with E-state index in [1.54, 1.807) is 17.8 Å². The molecule has 1 aromatic heterocycles. The van der Waals surface area contributed by atoms with Crippen molar-refractivity contribution < 1.29 is 14.7 Å². The minimum absolute atomic E-state index is 0.0246. The number of aliphatic carboxylic acids is 1. The summed E-state index contributed by atoms with van der Waals surface area (Å²) in [5, 5.41) is 11.5. The van der Waals surface area contributed by atoms with Crippen LogP contribution in [0.3, 0.4) is 0 Å². The Morgan fingerprint density at radius 2 is 2.35 bits per heavy atom. The number of imidazole rings is 1. The van der Waals surface area contributed by atoms with Crippen LogP contribution in [0.25, 0.3) is 0 Å². The fourth-order valence-corrected chi connectivity index (χ4v) is 1.79. The third-order valence-corrected chi connectivity index (χ3v) is 2.84. The van der Waals surface area contributed by atoms with E-state index >= 15 is 0 Å². The first-order chi connectivity index (χ1) is 8.06. The molecular formula is C11H15N3O3. The van der Waals surface area contributed by atoms with Gasteiger partial charge in [0.25, 0.3) is 5.91 Å². The zero-order chi connectivity index (χ0) is 12.4. The summed E-state index contributed by atoms with van der Waals surface area (Å²) in [4.78, 5) is 26.4. The third kappa shape index (κ3) is 3.05. The van der Waals surface area contributed by atoms with E-state index in [-0.39, 0.29) is 18.4 Å². The molecule has 1 heterocycles. The molecule has 1 aromatic rings. The average molecular weight is 237 g/mol. The number of carboxylic acid groups (broad SMARTS) is 1. The summed E-state index contributed by atoms with van der Waals surface area (Å²) >= 11 is 0. The van der Waals surface area contributed by atoms with Gasteiger partial charge in [0, 0.05) is 19.3 Å². The second kappa shape index (κ2) is 4.57. The lowest BCUT2D eigenvalue weighted by atomic mass is 10.1. The van der Waals surface area contributed by atoms with Gasteiger partial charge in [-0.05, 0) is 18.8 Å². The van der Waals surface area contributed by atoms with Crippen LogP contribution in [-0.4, -0.2) is 32.6 Å². The van der Waals surface area contributed by atoms with E-state index in [0.717, 1.165) is 12.8 Å². The SMILES string of the molecule is Cn1cnc(C(=O)NC(CC(=O)O)C2CC2)c1. The topological polar surface area (TPSA) is 84.2 Å². The molecule has 1 saturated carbocycles. The monoisotopic (exact) mass is 237 g/mol. The number of hydrogen-bond donors (Lipinski definition) is 2. The van der Waals surface area contributed by atoms with Crippen molar-refractivity contribution in [2.24, 2.45) is 13.0 Å². The Bertz CT molecular complexity index is 437. The Labute approximate surface area is 98.7 Å². The standard InChI is InChI=1S/C11H15N3O3/c1-14-5-9(12-6-14)11(17)13-8(4-10(15)16)7-2-3-7/h5-8H,2-4H2,1H3,(H,13,17)(H,15,16). The van der Waals surface area contributed by atoms with Crippen LogP contribution in [0.15, 0.2) is 12.5 Å². The first-order valence-electron chi connectivity index (χ1n) is 5.57. The van der Waals surface area contributed by atoms with Crippen molar-refractivity contribution in [2.45, 2.75) is 25.3 Å². The highest BCUT2D eigenvalue weighted by Crippen LogP contribution is 2.34. The van der Waals surface area contributed by atoms with Gasteiger partial charge in [-0.15, -0.1) is 0 Å². The molecule has 1 fully saturated rings. The second-order valence-corrected chi connectivity index (χ2v) is 4.44. The Hall–Kier alpha value is -1.85. The molecule has 0 aliphatic heterocycles. The van der Waals surface area contributed by atoms with E-state index in [2.05, 4.69) is 10.3 Å². The van der Waals surface area contributed by atoms with Crippen LogP contribution in [0.5, 0.6) is 0 Å². The quantitative estimate of drug-likeness (QED) is 0.776. The van der Waals surface area contributed by atoms with Gasteiger partial charge in [0.1, 0.15) is 5.69 Å². The molecule has 1 aliphatic rings. The first-order valence-corrected chi connectivity index (χ1v) is 5.57. The molecule has 0 aromatic carbocycles. The molecule has 1 atom stereocenters. The van der Waals surface area contributed by atoms with Crippen LogP contribution in [0.2, 0.25) is 0 Å². The maximum absolute atomic E-state index is 11.8. The molecular weight excluding hydrogens is 222 g/mol. The average Bonchev–Trinajstić information content (AvgIpc) is 2.99. The Morgan fingerprint density at radius 3 is 2.82 bits per heavy atom. The van der Waals surface area contributed by atoms with Crippen LogP contribution in [0.1, 0.15) is 29.8 Å². The van der Waals surface area contributed by atoms with Gasteiger partial charge in [0.05, 0.1) is 12.7 Å². The Balaban J connectivity index is 1.97. The van der Waals surface area contributed by atoms with Crippen molar-refractivity contribution in [3.63, 3.8) is 0 Å². The van der Waals surface area contributed by atoms with Gasteiger partial charge in [-0.3, -0.25) is 9.59 Å². The molecule has 1 aliphatic carbocycles. The van der Waals surface area contributed by atoms with Crippen LogP contribution in [0.4, 0.5) is 0 Å². The van der Waals surface area contributed by atoms with E-state index < -0.39 is 5.97 Å². The van der Waals surface area contributed by atoms with Gasteiger partial charge in [-0.25, -0.2) is 4.98 Å². The molecule has 1 unspecified atom stereocenters. The van der Waals surface area contributed by atoms with Gasteiger partial charge in [0.2, 0.25) is 0 Å². The van der Waals surface area contributed by atoms with Gasteiger partial charge in [-0.1, -0.05) is 0 Å². The zero-order valence-electron chi connectivity index (χ0n) is 9.59. The molecule has 0 radical (unpaired) electrons. The van der Waals surface area contributed by atoms with Crippen molar-refractivity contribution in [1.29, 1.82) is 0 Å². The number of aromatic nitrogens is 2. The molecule has 6 heteroatoms. The van der Waals surface area contributed by atoms with E-state index in [9.17, 15) is 9.59 Å². The Morgan fingerprint density at radius 1 is 1.65 bits per heavy atom. The highest BCUT2D eigenvalue weighted by Gasteiger charge is 2.34. The van der Waals surface area contributed by atoms with Gasteiger partial charge in [-0.2, -0.15) is 0 Å². The lowest BCUT2D eigenvalue weighted by molar-refractivity contribution is -0.137. The summed E-state index contributed by atoms with van der Waals surface area (Å²) in [7, 11) is 1.78. The van der Waals surface area contributed by atoms with Crippen molar-refractivity contribution in [1.82, 2.24) is 14.9 Å². The molecule has 17 heavy (non-hydrogen) atoms. The summed E-state index contributed by atoms with van der Waals surface area (Å²) in [6.45, 7) is 0. The van der Waals surface area contributed by atoms with Gasteiger partial charge < -0.3 is 15.0 Å². The minimum atomic E-state index is -0.886. The molecule has 92 valence electrons. The van der Waals surface area contributed by atoms with Crippen molar-refractivity contribution in [2.75, 3.05) is 0 Å². The fourth-order valence-electron chi connectivity index (χ4n) is 1.79. The predicted molar refractivity (Wildman–Crippen MR) is 59.4 cm³/mol. The summed E-state index contributed by atoms with van der Waals surface area (Å²) in [5.74, 6) is -0.884. The van der Waals surface area contributed by atoms with E-state index in [0.29, 0.717) is 11.6 Å². The number of rotatable bonds is 5. The number of carbonyl (C=O) groups excluding carboxylic acids is 1. The molecule has 2 N–H and O–H groups in total. The van der Waals surface area contributed by atoms with E-state index in [1.807, 2.05) is 0 Å². The largest absolute Gasteiger partial charge is 0.481 e. The summed E-state index contributed by atoms with van der Waals surface area (Å²) in [6, 6.07) is -0.276. The minimum Gasteiger partial charge on any atom is -0.481 e. The van der Waals surface area contributed by atoms with Gasteiger partial charge >= 0.3 is 5.97 Å². The molecule has 6 nitrogen and oxygen atoms in total. The summed E-state index contributed by atoms with van der Waals surface area (Å²) < 4.78 is 1.68. The molecule has 0 saturated heterocycles.